The molecule has 0 bridgehead atoms. The van der Waals surface area contributed by atoms with Crippen molar-refractivity contribution >= 4 is 20.9 Å². The molecule has 23 heavy (non-hydrogen) atoms. The van der Waals surface area contributed by atoms with Crippen LogP contribution in [0.1, 0.15) is 25.6 Å². The lowest BCUT2D eigenvalue weighted by Crippen LogP contribution is -2.37. The predicted molar refractivity (Wildman–Crippen MR) is 86.9 cm³/mol. The number of H-pyrrole nitrogens is 1. The van der Waals surface area contributed by atoms with Gasteiger partial charge in [-0.25, -0.2) is 13.4 Å². The standard InChI is InChI=1S/C14H21N5O3S/c1-3-5-19(10-4-6-23(21,22)9-10)8-12-16-13-11(14(20)17-12)7-15-18(13)2/h7,10H,3-6,8-9H2,1-2H3,(H,16,17,20)/t10-/m1/s1. The van der Waals surface area contributed by atoms with E-state index < -0.39 is 9.84 Å². The van der Waals surface area contributed by atoms with Gasteiger partial charge in [0.05, 0.1) is 24.2 Å². The monoisotopic (exact) mass is 339 g/mol. The van der Waals surface area contributed by atoms with Crippen LogP contribution in [0.5, 0.6) is 0 Å². The molecule has 3 rings (SSSR count). The third-order valence-corrected chi connectivity index (χ3v) is 5.99. The molecule has 1 aliphatic heterocycles. The van der Waals surface area contributed by atoms with E-state index in [9.17, 15) is 13.2 Å². The summed E-state index contributed by atoms with van der Waals surface area (Å²) in [7, 11) is -1.20. The number of nitrogens with one attached hydrogen (secondary N) is 1. The second kappa shape index (κ2) is 6.04. The molecule has 126 valence electrons. The molecular formula is C14H21N5O3S. The minimum absolute atomic E-state index is 0.00696. The third kappa shape index (κ3) is 3.30. The lowest BCUT2D eigenvalue weighted by atomic mass is 10.2. The number of nitrogens with zero attached hydrogens (tertiary/aromatic N) is 4. The van der Waals surface area contributed by atoms with Crippen molar-refractivity contribution in [1.29, 1.82) is 0 Å². The Kier molecular flexibility index (Phi) is 4.24. The summed E-state index contributed by atoms with van der Waals surface area (Å²) in [5.41, 5.74) is 0.327. The minimum atomic E-state index is -2.94. The highest BCUT2D eigenvalue weighted by molar-refractivity contribution is 7.91. The van der Waals surface area contributed by atoms with Gasteiger partial charge in [-0.2, -0.15) is 5.10 Å². The second-order valence-electron chi connectivity index (χ2n) is 6.05. The molecule has 3 heterocycles. The van der Waals surface area contributed by atoms with Gasteiger partial charge in [-0.05, 0) is 19.4 Å². The predicted octanol–water partition coefficient (Wildman–Crippen LogP) is 0.0557. The quantitative estimate of drug-likeness (QED) is 0.826. The SMILES string of the molecule is CCCN(Cc1nc2c(cnn2C)c(=O)[nH]1)[C@@H]1CCS(=O)(=O)C1. The van der Waals surface area contributed by atoms with E-state index in [0.717, 1.165) is 13.0 Å². The van der Waals surface area contributed by atoms with Crippen LogP contribution < -0.4 is 5.56 Å². The summed E-state index contributed by atoms with van der Waals surface area (Å²) in [5.74, 6) is 0.970. The molecule has 0 amide bonds. The summed E-state index contributed by atoms with van der Waals surface area (Å²) in [6.45, 7) is 3.26. The lowest BCUT2D eigenvalue weighted by molar-refractivity contribution is 0.199. The van der Waals surface area contributed by atoms with Crippen LogP contribution in [0.4, 0.5) is 0 Å². The van der Waals surface area contributed by atoms with Crippen LogP contribution in [0, 0.1) is 0 Å². The molecule has 2 aromatic rings. The molecule has 1 saturated heterocycles. The lowest BCUT2D eigenvalue weighted by Gasteiger charge is -2.26. The van der Waals surface area contributed by atoms with Crippen molar-refractivity contribution < 1.29 is 8.42 Å². The van der Waals surface area contributed by atoms with E-state index in [1.165, 1.54) is 6.20 Å². The smallest absolute Gasteiger partial charge is 0.262 e. The number of hydrogen-bond donors (Lipinski definition) is 1. The van der Waals surface area contributed by atoms with E-state index in [1.54, 1.807) is 11.7 Å². The van der Waals surface area contributed by atoms with Crippen molar-refractivity contribution in [2.24, 2.45) is 7.05 Å². The summed E-state index contributed by atoms with van der Waals surface area (Å²) in [6, 6.07) is -0.00696. The number of rotatable bonds is 5. The van der Waals surface area contributed by atoms with Gasteiger partial charge in [-0.15, -0.1) is 0 Å². The van der Waals surface area contributed by atoms with Gasteiger partial charge < -0.3 is 4.98 Å². The molecular weight excluding hydrogens is 318 g/mol. The Labute approximate surface area is 134 Å². The van der Waals surface area contributed by atoms with E-state index >= 15 is 0 Å². The number of hydrogen-bond acceptors (Lipinski definition) is 6. The molecule has 1 N–H and O–H groups in total. The molecule has 1 aliphatic rings. The van der Waals surface area contributed by atoms with Crippen molar-refractivity contribution in [2.75, 3.05) is 18.1 Å². The summed E-state index contributed by atoms with van der Waals surface area (Å²) in [6.07, 6.45) is 3.05. The van der Waals surface area contributed by atoms with Gasteiger partial charge in [0.1, 0.15) is 11.2 Å². The molecule has 1 fully saturated rings. The van der Waals surface area contributed by atoms with E-state index in [2.05, 4.69) is 26.9 Å². The third-order valence-electron chi connectivity index (χ3n) is 4.24. The first kappa shape index (κ1) is 16.1. The number of fused-ring (bicyclic) bond motifs is 1. The largest absolute Gasteiger partial charge is 0.309 e. The first-order chi connectivity index (χ1) is 10.9. The summed E-state index contributed by atoms with van der Waals surface area (Å²) in [5, 5.41) is 4.51. The molecule has 0 aliphatic carbocycles. The zero-order valence-electron chi connectivity index (χ0n) is 13.3. The van der Waals surface area contributed by atoms with E-state index in [4.69, 9.17) is 0 Å². The average Bonchev–Trinajstić information content (AvgIpc) is 3.02. The molecule has 0 aromatic carbocycles. The van der Waals surface area contributed by atoms with Crippen molar-refractivity contribution in [3.8, 4) is 0 Å². The molecule has 9 heteroatoms. The zero-order valence-corrected chi connectivity index (χ0v) is 14.1. The molecule has 0 radical (unpaired) electrons. The molecule has 0 saturated carbocycles. The van der Waals surface area contributed by atoms with Gasteiger partial charge in [0.15, 0.2) is 15.5 Å². The van der Waals surface area contributed by atoms with Crippen LogP contribution in [0.25, 0.3) is 11.0 Å². The molecule has 2 aromatic heterocycles. The molecule has 8 nitrogen and oxygen atoms in total. The molecule has 0 spiro atoms. The first-order valence-electron chi connectivity index (χ1n) is 7.75. The van der Waals surface area contributed by atoms with Crippen molar-refractivity contribution in [3.05, 3.63) is 22.4 Å². The van der Waals surface area contributed by atoms with Crippen LogP contribution >= 0.6 is 0 Å². The van der Waals surface area contributed by atoms with Crippen molar-refractivity contribution in [1.82, 2.24) is 24.6 Å². The van der Waals surface area contributed by atoms with Gasteiger partial charge in [0.2, 0.25) is 0 Å². The number of aromatic nitrogens is 4. The van der Waals surface area contributed by atoms with Crippen molar-refractivity contribution in [3.63, 3.8) is 0 Å². The first-order valence-corrected chi connectivity index (χ1v) is 9.57. The fourth-order valence-corrected chi connectivity index (χ4v) is 4.85. The Hall–Kier alpha value is -1.74. The van der Waals surface area contributed by atoms with Gasteiger partial charge in [-0.3, -0.25) is 14.4 Å². The Morgan fingerprint density at radius 3 is 2.91 bits per heavy atom. The average molecular weight is 339 g/mol. The van der Waals surface area contributed by atoms with Crippen LogP contribution in [0.3, 0.4) is 0 Å². The van der Waals surface area contributed by atoms with E-state index in [0.29, 0.717) is 29.8 Å². The minimum Gasteiger partial charge on any atom is -0.309 e. The van der Waals surface area contributed by atoms with Gasteiger partial charge >= 0.3 is 0 Å². The van der Waals surface area contributed by atoms with Crippen LogP contribution in [-0.2, 0) is 23.4 Å². The number of sulfone groups is 1. The van der Waals surface area contributed by atoms with E-state index in [1.807, 2.05) is 0 Å². The number of aromatic amines is 1. The maximum absolute atomic E-state index is 12.1. The van der Waals surface area contributed by atoms with Gasteiger partial charge in [0, 0.05) is 13.1 Å². The highest BCUT2D eigenvalue weighted by Gasteiger charge is 2.32. The molecule has 1 atom stereocenters. The van der Waals surface area contributed by atoms with Crippen LogP contribution in [-0.4, -0.2) is 57.2 Å². The number of aryl methyl sites for hydroxylation is 1. The highest BCUT2D eigenvalue weighted by atomic mass is 32.2. The van der Waals surface area contributed by atoms with Gasteiger partial charge in [0.25, 0.3) is 5.56 Å². The van der Waals surface area contributed by atoms with Crippen LogP contribution in [0.15, 0.2) is 11.0 Å². The highest BCUT2D eigenvalue weighted by Crippen LogP contribution is 2.19. The normalized spacial score (nSPS) is 20.6. The summed E-state index contributed by atoms with van der Waals surface area (Å²) in [4.78, 5) is 21.5. The Morgan fingerprint density at radius 2 is 2.26 bits per heavy atom. The fraction of sp³-hybridized carbons (Fsp3) is 0.643. The summed E-state index contributed by atoms with van der Waals surface area (Å²) >= 11 is 0. The second-order valence-corrected chi connectivity index (χ2v) is 8.27. The Morgan fingerprint density at radius 1 is 1.48 bits per heavy atom. The molecule has 0 unspecified atom stereocenters. The Balaban J connectivity index is 1.88. The van der Waals surface area contributed by atoms with E-state index in [-0.39, 0.29) is 23.1 Å². The fourth-order valence-electron chi connectivity index (χ4n) is 3.09. The maximum atomic E-state index is 12.1. The van der Waals surface area contributed by atoms with Crippen molar-refractivity contribution in [2.45, 2.75) is 32.4 Å². The van der Waals surface area contributed by atoms with Crippen LogP contribution in [0.2, 0.25) is 0 Å². The van der Waals surface area contributed by atoms with Gasteiger partial charge in [-0.1, -0.05) is 6.92 Å². The zero-order chi connectivity index (χ0) is 16.6. The topological polar surface area (TPSA) is 101 Å². The maximum Gasteiger partial charge on any atom is 0.262 e. The summed E-state index contributed by atoms with van der Waals surface area (Å²) < 4.78 is 25.0. The Bertz CT molecular complexity index is 870.